The van der Waals surface area contributed by atoms with Crippen LogP contribution in [0.5, 0.6) is 0 Å². The lowest BCUT2D eigenvalue weighted by Crippen LogP contribution is -2.27. The van der Waals surface area contributed by atoms with E-state index in [-0.39, 0.29) is 5.82 Å². The second-order valence-corrected chi connectivity index (χ2v) is 3.93. The van der Waals surface area contributed by atoms with Crippen molar-refractivity contribution < 1.29 is 4.39 Å². The van der Waals surface area contributed by atoms with Crippen molar-refractivity contribution in [2.45, 2.75) is 6.42 Å². The van der Waals surface area contributed by atoms with E-state index in [1.807, 2.05) is 20.2 Å². The summed E-state index contributed by atoms with van der Waals surface area (Å²) in [5.74, 6) is -0.152. The molecule has 0 atom stereocenters. The van der Waals surface area contributed by atoms with Gasteiger partial charge in [0, 0.05) is 13.1 Å². The number of halogens is 1. The molecule has 0 amide bonds. The van der Waals surface area contributed by atoms with Gasteiger partial charge in [-0.1, -0.05) is 12.1 Å². The Hall–Kier alpha value is -0.930. The monoisotopic (exact) mass is 210 g/mol. The Labute approximate surface area is 91.1 Å². The molecule has 1 aromatic rings. The summed E-state index contributed by atoms with van der Waals surface area (Å²) in [5, 5.41) is 3.32. The fourth-order valence-electron chi connectivity index (χ4n) is 1.35. The van der Waals surface area contributed by atoms with Crippen molar-refractivity contribution in [3.8, 4) is 0 Å². The number of nitrogens with zero attached hydrogens (tertiary/aromatic N) is 1. The van der Waals surface area contributed by atoms with Gasteiger partial charge >= 0.3 is 0 Å². The van der Waals surface area contributed by atoms with Gasteiger partial charge in [-0.3, -0.25) is 0 Å². The minimum absolute atomic E-state index is 0.152. The Kier molecular flexibility index (Phi) is 5.29. The number of likely N-dealkylation sites (N-methyl/N-ethyl adjacent to an activating group) is 1. The zero-order valence-corrected chi connectivity index (χ0v) is 9.46. The lowest BCUT2D eigenvalue weighted by molar-refractivity contribution is 0.401. The fourth-order valence-corrected chi connectivity index (χ4v) is 1.35. The molecular formula is C12H19FN2. The highest BCUT2D eigenvalue weighted by Crippen LogP contribution is 2.03. The summed E-state index contributed by atoms with van der Waals surface area (Å²) in [6, 6.07) is 6.78. The third-order valence-corrected chi connectivity index (χ3v) is 2.22. The molecule has 0 aliphatic rings. The molecule has 0 aromatic heterocycles. The van der Waals surface area contributed by atoms with Crippen LogP contribution in [0.4, 0.5) is 4.39 Å². The molecule has 2 nitrogen and oxygen atoms in total. The fraction of sp³-hybridized carbons (Fsp3) is 0.500. The molecule has 0 saturated heterocycles. The van der Waals surface area contributed by atoms with E-state index >= 15 is 0 Å². The quantitative estimate of drug-likeness (QED) is 0.716. The Morgan fingerprint density at radius 2 is 2.07 bits per heavy atom. The van der Waals surface area contributed by atoms with Crippen molar-refractivity contribution in [1.29, 1.82) is 0 Å². The van der Waals surface area contributed by atoms with E-state index in [0.717, 1.165) is 31.6 Å². The molecular weight excluding hydrogens is 191 g/mol. The molecule has 0 bridgehead atoms. The summed E-state index contributed by atoms with van der Waals surface area (Å²) in [4.78, 5) is 2.13. The van der Waals surface area contributed by atoms with Crippen molar-refractivity contribution in [3.63, 3.8) is 0 Å². The molecule has 0 unspecified atom stereocenters. The van der Waals surface area contributed by atoms with Crippen molar-refractivity contribution in [1.82, 2.24) is 10.2 Å². The number of benzene rings is 1. The molecule has 3 heteroatoms. The third kappa shape index (κ3) is 5.50. The Morgan fingerprint density at radius 1 is 1.27 bits per heavy atom. The van der Waals surface area contributed by atoms with Crippen LogP contribution in [-0.4, -0.2) is 38.6 Å². The van der Waals surface area contributed by atoms with Gasteiger partial charge in [-0.25, -0.2) is 4.39 Å². The van der Waals surface area contributed by atoms with E-state index in [1.165, 1.54) is 6.07 Å². The normalized spacial score (nSPS) is 10.9. The first kappa shape index (κ1) is 12.1. The van der Waals surface area contributed by atoms with Crippen LogP contribution >= 0.6 is 0 Å². The van der Waals surface area contributed by atoms with Crippen LogP contribution in [0.2, 0.25) is 0 Å². The first-order valence-corrected chi connectivity index (χ1v) is 5.28. The van der Waals surface area contributed by atoms with E-state index < -0.39 is 0 Å². The average molecular weight is 210 g/mol. The summed E-state index contributed by atoms with van der Waals surface area (Å²) >= 11 is 0. The van der Waals surface area contributed by atoms with Crippen molar-refractivity contribution in [2.75, 3.05) is 33.7 Å². The minimum atomic E-state index is -0.152. The minimum Gasteiger partial charge on any atom is -0.315 e. The molecule has 0 spiro atoms. The van der Waals surface area contributed by atoms with Crippen LogP contribution in [0, 0.1) is 5.82 Å². The molecule has 1 aromatic carbocycles. The summed E-state index contributed by atoms with van der Waals surface area (Å²) in [6.07, 6.45) is 0.880. The van der Waals surface area contributed by atoms with Crippen LogP contribution in [-0.2, 0) is 6.42 Å². The Morgan fingerprint density at radius 3 is 2.73 bits per heavy atom. The SMILES string of the molecule is CN(C)CCNCCc1cccc(F)c1. The van der Waals surface area contributed by atoms with Gasteiger partial charge in [0.05, 0.1) is 0 Å². The van der Waals surface area contributed by atoms with Crippen molar-refractivity contribution >= 4 is 0 Å². The van der Waals surface area contributed by atoms with Gasteiger partial charge in [-0.2, -0.15) is 0 Å². The molecule has 1 N–H and O–H groups in total. The predicted molar refractivity (Wildman–Crippen MR) is 61.5 cm³/mol. The molecule has 0 fully saturated rings. The molecule has 0 heterocycles. The molecule has 0 aliphatic heterocycles. The maximum atomic E-state index is 12.8. The average Bonchev–Trinajstić information content (AvgIpc) is 2.17. The first-order valence-electron chi connectivity index (χ1n) is 5.28. The van der Waals surface area contributed by atoms with E-state index in [9.17, 15) is 4.39 Å². The number of rotatable bonds is 6. The zero-order chi connectivity index (χ0) is 11.1. The number of nitrogens with one attached hydrogen (secondary N) is 1. The smallest absolute Gasteiger partial charge is 0.123 e. The summed E-state index contributed by atoms with van der Waals surface area (Å²) in [7, 11) is 4.10. The van der Waals surface area contributed by atoms with E-state index in [2.05, 4.69) is 10.2 Å². The van der Waals surface area contributed by atoms with Gasteiger partial charge in [0.15, 0.2) is 0 Å². The topological polar surface area (TPSA) is 15.3 Å². The molecule has 0 saturated carbocycles. The Balaban J connectivity index is 2.15. The van der Waals surface area contributed by atoms with E-state index in [0.29, 0.717) is 0 Å². The standard InChI is InChI=1S/C12H19FN2/c1-15(2)9-8-14-7-6-11-4-3-5-12(13)10-11/h3-5,10,14H,6-9H2,1-2H3. The van der Waals surface area contributed by atoms with E-state index in [4.69, 9.17) is 0 Å². The number of hydrogen-bond donors (Lipinski definition) is 1. The van der Waals surface area contributed by atoms with Gasteiger partial charge < -0.3 is 10.2 Å². The van der Waals surface area contributed by atoms with Gasteiger partial charge in [0.1, 0.15) is 5.82 Å². The highest BCUT2D eigenvalue weighted by molar-refractivity contribution is 5.16. The van der Waals surface area contributed by atoms with Crippen LogP contribution in [0.3, 0.4) is 0 Å². The van der Waals surface area contributed by atoms with E-state index in [1.54, 1.807) is 12.1 Å². The summed E-state index contributed by atoms with van der Waals surface area (Å²) < 4.78 is 12.8. The van der Waals surface area contributed by atoms with Crippen molar-refractivity contribution in [3.05, 3.63) is 35.6 Å². The largest absolute Gasteiger partial charge is 0.315 e. The number of hydrogen-bond acceptors (Lipinski definition) is 2. The maximum absolute atomic E-state index is 12.8. The molecule has 84 valence electrons. The van der Waals surface area contributed by atoms with Crippen LogP contribution in [0.1, 0.15) is 5.56 Å². The summed E-state index contributed by atoms with van der Waals surface area (Å²) in [5.41, 5.74) is 1.05. The Bertz CT molecular complexity index is 287. The highest BCUT2D eigenvalue weighted by atomic mass is 19.1. The second-order valence-electron chi connectivity index (χ2n) is 3.93. The maximum Gasteiger partial charge on any atom is 0.123 e. The molecule has 1 rings (SSSR count). The molecule has 0 radical (unpaired) electrons. The highest BCUT2D eigenvalue weighted by Gasteiger charge is 1.95. The summed E-state index contributed by atoms with van der Waals surface area (Å²) in [6.45, 7) is 2.91. The first-order chi connectivity index (χ1) is 7.18. The zero-order valence-electron chi connectivity index (χ0n) is 9.46. The predicted octanol–water partition coefficient (Wildman–Crippen LogP) is 1.52. The third-order valence-electron chi connectivity index (χ3n) is 2.22. The van der Waals surface area contributed by atoms with Gasteiger partial charge in [-0.05, 0) is 44.8 Å². The van der Waals surface area contributed by atoms with Gasteiger partial charge in [-0.15, -0.1) is 0 Å². The van der Waals surface area contributed by atoms with Crippen LogP contribution in [0.25, 0.3) is 0 Å². The second kappa shape index (κ2) is 6.53. The van der Waals surface area contributed by atoms with Crippen molar-refractivity contribution in [2.24, 2.45) is 0 Å². The van der Waals surface area contributed by atoms with Crippen LogP contribution in [0.15, 0.2) is 24.3 Å². The van der Waals surface area contributed by atoms with Gasteiger partial charge in [0.2, 0.25) is 0 Å². The lowest BCUT2D eigenvalue weighted by atomic mass is 10.1. The van der Waals surface area contributed by atoms with Gasteiger partial charge in [0.25, 0.3) is 0 Å². The molecule has 0 aliphatic carbocycles. The van der Waals surface area contributed by atoms with Crippen LogP contribution < -0.4 is 5.32 Å². The lowest BCUT2D eigenvalue weighted by Gasteiger charge is -2.10. The molecule has 15 heavy (non-hydrogen) atoms.